The topological polar surface area (TPSA) is 57.1 Å². The Balaban J connectivity index is 2.74. The normalized spacial score (nSPS) is 23.0. The summed E-state index contributed by atoms with van der Waals surface area (Å²) in [6.07, 6.45) is -0.745. The molecular weight excluding hydrogens is 170 g/mol. The zero-order chi connectivity index (χ0) is 10.1. The number of hydrogen-bond donors (Lipinski definition) is 2. The second-order valence-electron chi connectivity index (χ2n) is 4.00. The molecule has 0 fully saturated rings. The molecule has 0 radical (unpaired) electrons. The number of ether oxygens (including phenoxy) is 1. The van der Waals surface area contributed by atoms with Crippen molar-refractivity contribution in [3.8, 4) is 0 Å². The van der Waals surface area contributed by atoms with Crippen LogP contribution < -0.4 is 5.43 Å². The van der Waals surface area contributed by atoms with Crippen molar-refractivity contribution in [1.29, 1.82) is 0 Å². The Bertz CT molecular complexity index is 210. The van der Waals surface area contributed by atoms with E-state index in [1.165, 1.54) is 0 Å². The smallest absolute Gasteiger partial charge is 0.221 e. The van der Waals surface area contributed by atoms with Crippen molar-refractivity contribution in [2.45, 2.75) is 32.7 Å². The van der Waals surface area contributed by atoms with Crippen molar-refractivity contribution < 1.29 is 9.84 Å². The lowest BCUT2D eigenvalue weighted by Gasteiger charge is -2.35. The summed E-state index contributed by atoms with van der Waals surface area (Å²) in [4.78, 5) is 1.79. The average molecular weight is 187 g/mol. The molecule has 0 spiro atoms. The summed E-state index contributed by atoms with van der Waals surface area (Å²) in [5.41, 5.74) is 2.43. The number of methoxy groups -OCH3 is 1. The molecule has 76 valence electrons. The maximum Gasteiger partial charge on any atom is 0.221 e. The van der Waals surface area contributed by atoms with Crippen LogP contribution in [0.25, 0.3) is 0 Å². The Morgan fingerprint density at radius 2 is 2.23 bits per heavy atom. The largest absolute Gasteiger partial charge is 0.377 e. The third-order valence-electron chi connectivity index (χ3n) is 1.83. The second kappa shape index (κ2) is 3.51. The highest BCUT2D eigenvalue weighted by Gasteiger charge is 2.34. The molecule has 0 aromatic heterocycles. The number of hydrogen-bond acceptors (Lipinski definition) is 5. The van der Waals surface area contributed by atoms with E-state index < -0.39 is 6.35 Å². The SMILES string of the molecule is COCC1=NNC(O)N1C(C)(C)C. The van der Waals surface area contributed by atoms with Gasteiger partial charge in [-0.15, -0.1) is 0 Å². The van der Waals surface area contributed by atoms with Gasteiger partial charge in [0.15, 0.2) is 5.84 Å². The van der Waals surface area contributed by atoms with Crippen LogP contribution in [0.4, 0.5) is 0 Å². The van der Waals surface area contributed by atoms with E-state index in [4.69, 9.17) is 4.74 Å². The van der Waals surface area contributed by atoms with Gasteiger partial charge in [-0.1, -0.05) is 0 Å². The van der Waals surface area contributed by atoms with Gasteiger partial charge in [-0.2, -0.15) is 5.10 Å². The molecule has 1 aliphatic heterocycles. The highest BCUT2D eigenvalue weighted by atomic mass is 16.5. The van der Waals surface area contributed by atoms with E-state index in [-0.39, 0.29) is 5.54 Å². The number of aliphatic hydroxyl groups excluding tert-OH is 1. The highest BCUT2D eigenvalue weighted by Crippen LogP contribution is 2.18. The molecule has 1 aliphatic rings. The number of nitrogens with one attached hydrogen (secondary N) is 1. The Morgan fingerprint density at radius 3 is 2.69 bits per heavy atom. The molecule has 0 aromatic rings. The summed E-state index contributed by atoms with van der Waals surface area (Å²) < 4.78 is 4.98. The zero-order valence-electron chi connectivity index (χ0n) is 8.53. The van der Waals surface area contributed by atoms with Crippen molar-refractivity contribution in [1.82, 2.24) is 10.3 Å². The standard InChI is InChI=1S/C8H17N3O2/c1-8(2,3)11-6(5-13-4)9-10-7(11)12/h7,10,12H,5H2,1-4H3. The van der Waals surface area contributed by atoms with Gasteiger partial charge in [-0.3, -0.25) is 5.43 Å². The van der Waals surface area contributed by atoms with Crippen LogP contribution in [0, 0.1) is 0 Å². The van der Waals surface area contributed by atoms with Crippen LogP contribution in [-0.4, -0.2) is 41.4 Å². The summed E-state index contributed by atoms with van der Waals surface area (Å²) in [7, 11) is 1.61. The van der Waals surface area contributed by atoms with Crippen molar-refractivity contribution in [3.05, 3.63) is 0 Å². The van der Waals surface area contributed by atoms with Gasteiger partial charge in [0.1, 0.15) is 6.61 Å². The predicted octanol–water partition coefficient (Wildman–Crippen LogP) is -0.0741. The third-order valence-corrected chi connectivity index (χ3v) is 1.83. The number of amidine groups is 1. The minimum absolute atomic E-state index is 0.166. The van der Waals surface area contributed by atoms with Crippen molar-refractivity contribution in [2.75, 3.05) is 13.7 Å². The van der Waals surface area contributed by atoms with E-state index in [1.54, 1.807) is 12.0 Å². The summed E-state index contributed by atoms with van der Waals surface area (Å²) in [5, 5.41) is 13.5. The number of hydrazone groups is 1. The highest BCUT2D eigenvalue weighted by molar-refractivity contribution is 5.85. The molecule has 5 heteroatoms. The maximum atomic E-state index is 9.57. The van der Waals surface area contributed by atoms with Gasteiger partial charge in [0, 0.05) is 12.6 Å². The quantitative estimate of drug-likeness (QED) is 0.635. The van der Waals surface area contributed by atoms with Crippen LogP contribution in [0.3, 0.4) is 0 Å². The van der Waals surface area contributed by atoms with E-state index in [9.17, 15) is 5.11 Å². The van der Waals surface area contributed by atoms with E-state index >= 15 is 0 Å². The minimum atomic E-state index is -0.745. The molecule has 0 bridgehead atoms. The number of aliphatic hydroxyl groups is 1. The number of rotatable bonds is 2. The molecule has 0 saturated heterocycles. The Morgan fingerprint density at radius 1 is 1.62 bits per heavy atom. The van der Waals surface area contributed by atoms with E-state index in [2.05, 4.69) is 10.5 Å². The van der Waals surface area contributed by atoms with E-state index in [0.29, 0.717) is 6.61 Å². The van der Waals surface area contributed by atoms with Crippen LogP contribution >= 0.6 is 0 Å². The Labute approximate surface area is 78.4 Å². The average Bonchev–Trinajstić information content (AvgIpc) is 2.31. The second-order valence-corrected chi connectivity index (χ2v) is 4.00. The molecule has 0 aromatic carbocycles. The molecule has 5 nitrogen and oxygen atoms in total. The Kier molecular flexibility index (Phi) is 2.77. The van der Waals surface area contributed by atoms with Crippen molar-refractivity contribution in [2.24, 2.45) is 5.10 Å². The first-order chi connectivity index (χ1) is 5.96. The first kappa shape index (κ1) is 10.3. The summed E-state index contributed by atoms with van der Waals surface area (Å²) >= 11 is 0. The van der Waals surface area contributed by atoms with Gasteiger partial charge in [-0.25, -0.2) is 0 Å². The van der Waals surface area contributed by atoms with Gasteiger partial charge in [0.25, 0.3) is 0 Å². The predicted molar refractivity (Wildman–Crippen MR) is 50.0 cm³/mol. The molecule has 1 unspecified atom stereocenters. The van der Waals surface area contributed by atoms with Crippen LogP contribution in [0.1, 0.15) is 20.8 Å². The minimum Gasteiger partial charge on any atom is -0.377 e. The van der Waals surface area contributed by atoms with Crippen LogP contribution in [0.15, 0.2) is 5.10 Å². The fourth-order valence-electron chi connectivity index (χ4n) is 1.37. The van der Waals surface area contributed by atoms with Gasteiger partial charge in [0.2, 0.25) is 6.35 Å². The molecule has 1 heterocycles. The Hall–Kier alpha value is -0.810. The zero-order valence-corrected chi connectivity index (χ0v) is 8.53. The van der Waals surface area contributed by atoms with E-state index in [1.807, 2.05) is 20.8 Å². The first-order valence-corrected chi connectivity index (χ1v) is 4.25. The summed E-state index contributed by atoms with van der Waals surface area (Å²) in [5.74, 6) is 0.725. The number of nitrogens with zero attached hydrogens (tertiary/aromatic N) is 2. The lowest BCUT2D eigenvalue weighted by Crippen LogP contribution is -2.52. The first-order valence-electron chi connectivity index (χ1n) is 4.25. The van der Waals surface area contributed by atoms with Crippen LogP contribution in [-0.2, 0) is 4.74 Å². The molecule has 2 N–H and O–H groups in total. The lowest BCUT2D eigenvalue weighted by molar-refractivity contribution is -0.00694. The third kappa shape index (κ3) is 2.10. The van der Waals surface area contributed by atoms with Crippen molar-refractivity contribution in [3.63, 3.8) is 0 Å². The molecule has 13 heavy (non-hydrogen) atoms. The molecule has 0 aliphatic carbocycles. The van der Waals surface area contributed by atoms with Gasteiger partial charge in [0.05, 0.1) is 0 Å². The van der Waals surface area contributed by atoms with Crippen molar-refractivity contribution >= 4 is 5.84 Å². The molecule has 1 rings (SSSR count). The monoisotopic (exact) mass is 187 g/mol. The van der Waals surface area contributed by atoms with Gasteiger partial charge < -0.3 is 14.7 Å². The van der Waals surface area contributed by atoms with Gasteiger partial charge in [-0.05, 0) is 20.8 Å². The molecular formula is C8H17N3O2. The van der Waals surface area contributed by atoms with Gasteiger partial charge >= 0.3 is 0 Å². The molecule has 1 atom stereocenters. The maximum absolute atomic E-state index is 9.57. The summed E-state index contributed by atoms with van der Waals surface area (Å²) in [6.45, 7) is 6.43. The van der Waals surface area contributed by atoms with E-state index in [0.717, 1.165) is 5.84 Å². The lowest BCUT2D eigenvalue weighted by atomic mass is 10.1. The summed E-state index contributed by atoms with van der Waals surface area (Å²) in [6, 6.07) is 0. The fraction of sp³-hybridized carbons (Fsp3) is 0.875. The molecule has 0 amide bonds. The van der Waals surface area contributed by atoms with Crippen LogP contribution in [0.5, 0.6) is 0 Å². The van der Waals surface area contributed by atoms with Crippen LogP contribution in [0.2, 0.25) is 0 Å². The fourth-order valence-corrected chi connectivity index (χ4v) is 1.37. The molecule has 0 saturated carbocycles.